The Bertz CT molecular complexity index is 665. The van der Waals surface area contributed by atoms with E-state index in [1.807, 2.05) is 12.1 Å². The van der Waals surface area contributed by atoms with E-state index in [0.29, 0.717) is 24.5 Å². The SMILES string of the molecule is CCCCCNC(=NC)NCc1ccc(S(=O)(=O)N2CCCCC2)cc1. The molecule has 1 fully saturated rings. The molecule has 7 heteroatoms. The van der Waals surface area contributed by atoms with Gasteiger partial charge in [0.05, 0.1) is 4.90 Å². The summed E-state index contributed by atoms with van der Waals surface area (Å²) >= 11 is 0. The van der Waals surface area contributed by atoms with Crippen LogP contribution in [0.15, 0.2) is 34.2 Å². The van der Waals surface area contributed by atoms with Gasteiger partial charge in [0.25, 0.3) is 0 Å². The van der Waals surface area contributed by atoms with Crippen molar-refractivity contribution in [2.24, 2.45) is 4.99 Å². The number of hydrogen-bond donors (Lipinski definition) is 2. The molecule has 26 heavy (non-hydrogen) atoms. The number of unbranched alkanes of at least 4 members (excludes halogenated alkanes) is 2. The van der Waals surface area contributed by atoms with Crippen LogP contribution in [0.3, 0.4) is 0 Å². The third kappa shape index (κ3) is 5.99. The second-order valence-corrected chi connectivity index (χ2v) is 8.61. The highest BCUT2D eigenvalue weighted by Gasteiger charge is 2.25. The summed E-state index contributed by atoms with van der Waals surface area (Å²) in [6.07, 6.45) is 6.54. The second kappa shape index (κ2) is 10.5. The van der Waals surface area contributed by atoms with E-state index in [1.165, 1.54) is 12.8 Å². The minimum Gasteiger partial charge on any atom is -0.356 e. The predicted molar refractivity (Wildman–Crippen MR) is 107 cm³/mol. The maximum Gasteiger partial charge on any atom is 0.243 e. The van der Waals surface area contributed by atoms with Crippen LogP contribution in [0.2, 0.25) is 0 Å². The molecule has 0 unspecified atom stereocenters. The third-order valence-electron chi connectivity index (χ3n) is 4.63. The molecule has 6 nitrogen and oxygen atoms in total. The molecule has 0 aliphatic carbocycles. The van der Waals surface area contributed by atoms with Gasteiger partial charge >= 0.3 is 0 Å². The summed E-state index contributed by atoms with van der Waals surface area (Å²) in [5.41, 5.74) is 1.03. The van der Waals surface area contributed by atoms with Crippen molar-refractivity contribution in [1.82, 2.24) is 14.9 Å². The molecule has 1 aliphatic rings. The summed E-state index contributed by atoms with van der Waals surface area (Å²) in [5, 5.41) is 6.55. The minimum atomic E-state index is -3.36. The molecule has 0 aromatic heterocycles. The summed E-state index contributed by atoms with van der Waals surface area (Å²) < 4.78 is 26.9. The Hall–Kier alpha value is -1.60. The first-order chi connectivity index (χ1) is 12.6. The topological polar surface area (TPSA) is 73.8 Å². The van der Waals surface area contributed by atoms with Crippen LogP contribution < -0.4 is 10.6 Å². The van der Waals surface area contributed by atoms with E-state index < -0.39 is 10.0 Å². The number of piperidine rings is 1. The fraction of sp³-hybridized carbons (Fsp3) is 0.632. The van der Waals surface area contributed by atoms with Gasteiger partial charge in [-0.05, 0) is 37.0 Å². The van der Waals surface area contributed by atoms with Crippen LogP contribution in [0.1, 0.15) is 51.0 Å². The van der Waals surface area contributed by atoms with Gasteiger partial charge in [0.1, 0.15) is 0 Å². The summed E-state index contributed by atoms with van der Waals surface area (Å²) in [5.74, 6) is 0.770. The number of rotatable bonds is 8. The van der Waals surface area contributed by atoms with E-state index in [2.05, 4.69) is 22.5 Å². The average Bonchev–Trinajstić information content (AvgIpc) is 2.68. The third-order valence-corrected chi connectivity index (χ3v) is 6.55. The first kappa shape index (κ1) is 20.7. The van der Waals surface area contributed by atoms with Crippen LogP contribution in [0.5, 0.6) is 0 Å². The summed E-state index contributed by atoms with van der Waals surface area (Å²) in [6, 6.07) is 7.15. The van der Waals surface area contributed by atoms with Crippen molar-refractivity contribution in [3.05, 3.63) is 29.8 Å². The fourth-order valence-electron chi connectivity index (χ4n) is 3.02. The van der Waals surface area contributed by atoms with E-state index in [-0.39, 0.29) is 0 Å². The normalized spacial score (nSPS) is 16.5. The zero-order valence-electron chi connectivity index (χ0n) is 16.0. The van der Waals surface area contributed by atoms with Crippen molar-refractivity contribution in [3.63, 3.8) is 0 Å². The van der Waals surface area contributed by atoms with E-state index >= 15 is 0 Å². The Morgan fingerprint density at radius 1 is 1.08 bits per heavy atom. The fourth-order valence-corrected chi connectivity index (χ4v) is 4.54. The molecular formula is C19H32N4O2S. The van der Waals surface area contributed by atoms with E-state index in [0.717, 1.165) is 43.8 Å². The van der Waals surface area contributed by atoms with Crippen molar-refractivity contribution in [2.45, 2.75) is 56.9 Å². The second-order valence-electron chi connectivity index (χ2n) is 6.67. The van der Waals surface area contributed by atoms with Crippen molar-refractivity contribution < 1.29 is 8.42 Å². The highest BCUT2D eigenvalue weighted by Crippen LogP contribution is 2.20. The van der Waals surface area contributed by atoms with Gasteiger partial charge in [-0.1, -0.05) is 38.3 Å². The Morgan fingerprint density at radius 3 is 2.38 bits per heavy atom. The van der Waals surface area contributed by atoms with Gasteiger partial charge in [-0.15, -0.1) is 0 Å². The van der Waals surface area contributed by atoms with Crippen LogP contribution >= 0.6 is 0 Å². The van der Waals surface area contributed by atoms with Gasteiger partial charge in [-0.25, -0.2) is 8.42 Å². The highest BCUT2D eigenvalue weighted by molar-refractivity contribution is 7.89. The number of sulfonamides is 1. The van der Waals surface area contributed by atoms with Gasteiger partial charge in [-0.3, -0.25) is 4.99 Å². The Labute approximate surface area is 158 Å². The maximum absolute atomic E-state index is 12.7. The standard InChI is InChI=1S/C19H32N4O2S/c1-3-4-6-13-21-19(20-2)22-16-17-9-11-18(12-10-17)26(24,25)23-14-7-5-8-15-23/h9-12H,3-8,13-16H2,1-2H3,(H2,20,21,22). The number of hydrogen-bond acceptors (Lipinski definition) is 3. The molecule has 0 spiro atoms. The predicted octanol–water partition coefficient (Wildman–Crippen LogP) is 2.72. The number of benzene rings is 1. The van der Waals surface area contributed by atoms with Crippen LogP contribution in [-0.4, -0.2) is 45.4 Å². The highest BCUT2D eigenvalue weighted by atomic mass is 32.2. The van der Waals surface area contributed by atoms with Gasteiger partial charge in [-0.2, -0.15) is 4.31 Å². The Kier molecular flexibility index (Phi) is 8.38. The molecule has 0 saturated carbocycles. The van der Waals surface area contributed by atoms with Crippen LogP contribution in [0.4, 0.5) is 0 Å². The average molecular weight is 381 g/mol. The van der Waals surface area contributed by atoms with E-state index in [9.17, 15) is 8.42 Å². The zero-order valence-corrected chi connectivity index (χ0v) is 16.8. The van der Waals surface area contributed by atoms with Gasteiger partial charge in [0, 0.05) is 33.2 Å². The van der Waals surface area contributed by atoms with Gasteiger partial charge in [0.15, 0.2) is 5.96 Å². The van der Waals surface area contributed by atoms with Crippen LogP contribution in [0.25, 0.3) is 0 Å². The largest absolute Gasteiger partial charge is 0.356 e. The lowest BCUT2D eigenvalue weighted by Gasteiger charge is -2.25. The van der Waals surface area contributed by atoms with Crippen molar-refractivity contribution in [1.29, 1.82) is 0 Å². The number of guanidine groups is 1. The number of nitrogens with zero attached hydrogens (tertiary/aromatic N) is 2. The molecule has 1 aromatic carbocycles. The first-order valence-corrected chi connectivity index (χ1v) is 11.1. The maximum atomic E-state index is 12.7. The van der Waals surface area contributed by atoms with Gasteiger partial charge in [0.2, 0.25) is 10.0 Å². The molecule has 0 bridgehead atoms. The van der Waals surface area contributed by atoms with E-state index in [1.54, 1.807) is 23.5 Å². The molecule has 2 rings (SSSR count). The Morgan fingerprint density at radius 2 is 1.77 bits per heavy atom. The Balaban J connectivity index is 1.88. The van der Waals surface area contributed by atoms with Crippen LogP contribution in [-0.2, 0) is 16.6 Å². The molecule has 0 atom stereocenters. The molecule has 0 radical (unpaired) electrons. The molecule has 1 aliphatic heterocycles. The zero-order chi connectivity index (χ0) is 18.8. The smallest absolute Gasteiger partial charge is 0.243 e. The summed E-state index contributed by atoms with van der Waals surface area (Å²) in [7, 11) is -1.60. The molecule has 0 amide bonds. The molecule has 146 valence electrons. The molecule has 2 N–H and O–H groups in total. The number of nitrogens with one attached hydrogen (secondary N) is 2. The number of aliphatic imine (C=N–C) groups is 1. The van der Waals surface area contributed by atoms with E-state index in [4.69, 9.17) is 0 Å². The van der Waals surface area contributed by atoms with Crippen molar-refractivity contribution in [2.75, 3.05) is 26.7 Å². The summed E-state index contributed by atoms with van der Waals surface area (Å²) in [6.45, 7) is 4.96. The monoisotopic (exact) mass is 380 g/mol. The molecule has 1 aromatic rings. The lowest BCUT2D eigenvalue weighted by Crippen LogP contribution is -2.37. The van der Waals surface area contributed by atoms with Crippen LogP contribution in [0, 0.1) is 0 Å². The molecule has 1 heterocycles. The lowest BCUT2D eigenvalue weighted by atomic mass is 10.2. The van der Waals surface area contributed by atoms with Crippen molar-refractivity contribution in [3.8, 4) is 0 Å². The first-order valence-electron chi connectivity index (χ1n) is 9.61. The summed E-state index contributed by atoms with van der Waals surface area (Å²) in [4.78, 5) is 4.59. The minimum absolute atomic E-state index is 0.380. The van der Waals surface area contributed by atoms with Gasteiger partial charge < -0.3 is 10.6 Å². The lowest BCUT2D eigenvalue weighted by molar-refractivity contribution is 0.346. The molecular weight excluding hydrogens is 348 g/mol. The van der Waals surface area contributed by atoms with Crippen molar-refractivity contribution >= 4 is 16.0 Å². The molecule has 1 saturated heterocycles. The quantitative estimate of drug-likeness (QED) is 0.413.